The number of alkyl halides is 2. The van der Waals surface area contributed by atoms with Gasteiger partial charge in [-0.25, -0.2) is 9.59 Å². The number of rotatable bonds is 12. The van der Waals surface area contributed by atoms with Crippen LogP contribution in [0.5, 0.6) is 0 Å². The monoisotopic (exact) mass is 510 g/mol. The summed E-state index contributed by atoms with van der Waals surface area (Å²) in [5.74, 6) is -2.57. The van der Waals surface area contributed by atoms with E-state index in [1.807, 2.05) is 0 Å². The topological polar surface area (TPSA) is 125 Å². The third-order valence-electron chi connectivity index (χ3n) is 6.82. The Hall–Kier alpha value is -1.63. The van der Waals surface area contributed by atoms with Crippen molar-refractivity contribution >= 4 is 22.1 Å². The summed E-state index contributed by atoms with van der Waals surface area (Å²) in [6, 6.07) is 0. The molecule has 0 spiro atoms. The number of hydrogen-bond acceptors (Lipinski definition) is 8. The molecule has 12 heteroatoms. The van der Waals surface area contributed by atoms with Gasteiger partial charge in [-0.2, -0.15) is 17.2 Å². The van der Waals surface area contributed by atoms with Crippen LogP contribution in [0.1, 0.15) is 58.8 Å². The highest BCUT2D eigenvalue weighted by atomic mass is 32.2. The zero-order valence-electron chi connectivity index (χ0n) is 19.3. The normalized spacial score (nSPS) is 31.2. The van der Waals surface area contributed by atoms with Gasteiger partial charge in [0.2, 0.25) is 0 Å². The van der Waals surface area contributed by atoms with Gasteiger partial charge in [0, 0.05) is 12.2 Å². The van der Waals surface area contributed by atoms with Crippen molar-refractivity contribution in [1.82, 2.24) is 0 Å². The number of hydrogen-bond donors (Lipinski definition) is 1. The number of halogens is 2. The Balaban J connectivity index is 1.47. The predicted molar refractivity (Wildman–Crippen MR) is 114 cm³/mol. The fourth-order valence-corrected chi connectivity index (χ4v) is 5.87. The smallest absolute Gasteiger partial charge is 0.462 e. The number of carbonyl (C=O) groups is 2. The average molecular weight is 511 g/mol. The molecular weight excluding hydrogens is 478 g/mol. The molecule has 4 rings (SSSR count). The molecule has 0 amide bonds. The molecule has 0 aromatic carbocycles. The molecule has 4 bridgehead atoms. The summed E-state index contributed by atoms with van der Waals surface area (Å²) in [5.41, 5.74) is -0.829. The minimum atomic E-state index is -5.91. The van der Waals surface area contributed by atoms with E-state index in [9.17, 15) is 26.8 Å². The molecule has 194 valence electrons. The zero-order chi connectivity index (χ0) is 25.3. The molecule has 0 aromatic rings. The second-order valence-corrected chi connectivity index (χ2v) is 11.2. The van der Waals surface area contributed by atoms with Crippen molar-refractivity contribution in [2.75, 3.05) is 13.2 Å². The Bertz CT molecular complexity index is 888. The first kappa shape index (κ1) is 27.0. The van der Waals surface area contributed by atoms with Crippen molar-refractivity contribution in [2.45, 2.75) is 82.0 Å². The van der Waals surface area contributed by atoms with E-state index in [1.165, 1.54) is 0 Å². The van der Waals surface area contributed by atoms with E-state index in [0.717, 1.165) is 12.8 Å². The largest absolute Gasteiger partial charge is 0.465 e. The summed E-state index contributed by atoms with van der Waals surface area (Å²) >= 11 is 0. The molecule has 0 radical (unpaired) electrons. The van der Waals surface area contributed by atoms with E-state index in [4.69, 9.17) is 23.5 Å². The summed E-state index contributed by atoms with van der Waals surface area (Å²) in [5, 5.41) is -5.00. The number of ether oxygens (including phenoxy) is 4. The van der Waals surface area contributed by atoms with Crippen molar-refractivity contribution in [1.29, 1.82) is 0 Å². The first-order valence-electron chi connectivity index (χ1n) is 11.4. The minimum Gasteiger partial charge on any atom is -0.462 e. The molecule has 4 saturated carbocycles. The lowest BCUT2D eigenvalue weighted by atomic mass is 9.53. The van der Waals surface area contributed by atoms with E-state index < -0.39 is 39.2 Å². The van der Waals surface area contributed by atoms with Gasteiger partial charge in [-0.15, -0.1) is 0 Å². The van der Waals surface area contributed by atoms with Crippen LogP contribution in [-0.2, 0) is 38.7 Å². The van der Waals surface area contributed by atoms with Gasteiger partial charge in [-0.1, -0.05) is 6.58 Å². The molecule has 3 unspecified atom stereocenters. The van der Waals surface area contributed by atoms with Crippen LogP contribution in [0.25, 0.3) is 0 Å². The fraction of sp³-hybridized carbons (Fsp3) is 0.818. The lowest BCUT2D eigenvalue weighted by Gasteiger charge is -2.59. The van der Waals surface area contributed by atoms with Crippen molar-refractivity contribution in [3.05, 3.63) is 12.2 Å². The molecule has 0 heterocycles. The van der Waals surface area contributed by atoms with Crippen LogP contribution >= 0.6 is 0 Å². The average Bonchev–Trinajstić information content (AvgIpc) is 2.71. The molecule has 34 heavy (non-hydrogen) atoms. The number of esters is 2. The molecular formula is C22H32F2O9S. The molecule has 3 atom stereocenters. The summed E-state index contributed by atoms with van der Waals surface area (Å²) in [7, 11) is -5.91. The van der Waals surface area contributed by atoms with Gasteiger partial charge >= 0.3 is 27.3 Å². The van der Waals surface area contributed by atoms with Gasteiger partial charge in [-0.3, -0.25) is 4.55 Å². The van der Waals surface area contributed by atoms with Crippen LogP contribution in [0.3, 0.4) is 0 Å². The summed E-state index contributed by atoms with van der Waals surface area (Å²) in [6.45, 7) is 7.54. The van der Waals surface area contributed by atoms with Gasteiger partial charge in [0.15, 0.2) is 6.29 Å². The highest BCUT2D eigenvalue weighted by Gasteiger charge is 2.62. The third-order valence-corrected chi connectivity index (χ3v) is 7.64. The zero-order valence-corrected chi connectivity index (χ0v) is 20.2. The van der Waals surface area contributed by atoms with Gasteiger partial charge in [-0.05, 0) is 76.5 Å². The van der Waals surface area contributed by atoms with Crippen LogP contribution in [0.4, 0.5) is 8.78 Å². The first-order valence-corrected chi connectivity index (χ1v) is 12.9. The van der Waals surface area contributed by atoms with Crippen molar-refractivity contribution in [3.8, 4) is 0 Å². The van der Waals surface area contributed by atoms with Crippen LogP contribution in [-0.4, -0.2) is 61.4 Å². The molecule has 0 aliphatic heterocycles. The Morgan fingerprint density at radius 3 is 2.29 bits per heavy atom. The lowest BCUT2D eigenvalue weighted by Crippen LogP contribution is -2.60. The quantitative estimate of drug-likeness (QED) is 0.138. The summed E-state index contributed by atoms with van der Waals surface area (Å²) < 4.78 is 79.9. The molecule has 4 aliphatic carbocycles. The van der Waals surface area contributed by atoms with Gasteiger partial charge in [0.25, 0.3) is 0 Å². The SMILES string of the molecule is C=C(C)C(=O)OCCCCOC(C)OC1C2CC3CC1CC(OC(=O)C(F)(F)S(=O)(=O)O)(C3)C2. The molecule has 0 saturated heterocycles. The predicted octanol–water partition coefficient (Wildman–Crippen LogP) is 3.24. The Labute approximate surface area is 197 Å². The fourth-order valence-electron chi connectivity index (χ4n) is 5.61. The summed E-state index contributed by atoms with van der Waals surface area (Å²) in [6.07, 6.45) is 3.17. The second kappa shape index (κ2) is 10.2. The van der Waals surface area contributed by atoms with Gasteiger partial charge in [0.1, 0.15) is 5.60 Å². The lowest BCUT2D eigenvalue weighted by molar-refractivity contribution is -0.254. The highest BCUT2D eigenvalue weighted by molar-refractivity contribution is 7.87. The molecule has 1 N–H and O–H groups in total. The maximum absolute atomic E-state index is 13.7. The van der Waals surface area contributed by atoms with Crippen LogP contribution in [0.2, 0.25) is 0 Å². The van der Waals surface area contributed by atoms with Crippen LogP contribution in [0, 0.1) is 17.8 Å². The van der Waals surface area contributed by atoms with Crippen LogP contribution < -0.4 is 0 Å². The van der Waals surface area contributed by atoms with E-state index in [-0.39, 0.29) is 30.5 Å². The van der Waals surface area contributed by atoms with Crippen molar-refractivity contribution in [2.24, 2.45) is 17.8 Å². The standard InChI is InChI=1S/C22H32F2O9S/c1-13(2)19(25)31-7-5-4-6-30-14(3)32-18-16-8-15-9-17(18)12-21(10-15,11-16)33-20(26)22(23,24)34(27,28)29/h14-18H,1,4-12H2,2-3H3,(H,27,28,29). The Morgan fingerprint density at radius 1 is 1.15 bits per heavy atom. The summed E-state index contributed by atoms with van der Waals surface area (Å²) in [4.78, 5) is 23.3. The second-order valence-electron chi connectivity index (χ2n) is 9.70. The first-order chi connectivity index (χ1) is 15.7. The maximum Gasteiger partial charge on any atom is 0.465 e. The van der Waals surface area contributed by atoms with E-state index in [0.29, 0.717) is 44.3 Å². The molecule has 9 nitrogen and oxygen atoms in total. The van der Waals surface area contributed by atoms with Crippen molar-refractivity contribution in [3.63, 3.8) is 0 Å². The number of unbranched alkanes of at least 4 members (excludes halogenated alkanes) is 1. The Kier molecular flexibility index (Phi) is 8.06. The molecule has 0 aromatic heterocycles. The number of carbonyl (C=O) groups excluding carboxylic acids is 2. The Morgan fingerprint density at radius 2 is 1.74 bits per heavy atom. The van der Waals surface area contributed by atoms with Crippen LogP contribution in [0.15, 0.2) is 12.2 Å². The maximum atomic E-state index is 13.7. The van der Waals surface area contributed by atoms with Crippen molar-refractivity contribution < 1.29 is 50.3 Å². The van der Waals surface area contributed by atoms with Gasteiger partial charge in [0.05, 0.1) is 12.7 Å². The van der Waals surface area contributed by atoms with Gasteiger partial charge < -0.3 is 18.9 Å². The minimum absolute atomic E-state index is 0.0361. The van der Waals surface area contributed by atoms with E-state index >= 15 is 0 Å². The van der Waals surface area contributed by atoms with E-state index in [2.05, 4.69) is 6.58 Å². The third kappa shape index (κ3) is 5.95. The molecule has 4 fully saturated rings. The van der Waals surface area contributed by atoms with E-state index in [1.54, 1.807) is 13.8 Å². The highest BCUT2D eigenvalue weighted by Crippen LogP contribution is 2.58. The molecule has 4 aliphatic rings.